The van der Waals surface area contributed by atoms with Crippen LogP contribution >= 0.6 is 11.8 Å². The van der Waals surface area contributed by atoms with Gasteiger partial charge in [-0.05, 0) is 54.8 Å². The summed E-state index contributed by atoms with van der Waals surface area (Å²) in [7, 11) is 0. The molecule has 3 rings (SSSR count). The van der Waals surface area contributed by atoms with E-state index in [1.54, 1.807) is 23.9 Å². The van der Waals surface area contributed by atoms with Crippen molar-refractivity contribution < 1.29 is 19.1 Å². The van der Waals surface area contributed by atoms with Crippen LogP contribution in [0.15, 0.2) is 53.4 Å². The van der Waals surface area contributed by atoms with E-state index in [-0.39, 0.29) is 12.5 Å². The zero-order chi connectivity index (χ0) is 19.1. The Hall–Kier alpha value is -2.51. The molecule has 0 aliphatic carbocycles. The number of hydrogen-bond acceptors (Lipinski definition) is 6. The van der Waals surface area contributed by atoms with Crippen LogP contribution < -0.4 is 10.2 Å². The molecule has 2 aromatic carbocycles. The van der Waals surface area contributed by atoms with E-state index < -0.39 is 5.97 Å². The normalized spacial score (nSPS) is 13.9. The number of carbonyl (C=O) groups excluding carboxylic acids is 2. The van der Waals surface area contributed by atoms with E-state index in [1.165, 1.54) is 0 Å². The molecule has 27 heavy (non-hydrogen) atoms. The third kappa shape index (κ3) is 5.48. The smallest absolute Gasteiger partial charge is 0.338 e. The Balaban J connectivity index is 1.47. The molecule has 0 bridgehead atoms. The number of hydrogen-bond donors (Lipinski definition) is 1. The number of esters is 1. The quantitative estimate of drug-likeness (QED) is 0.608. The summed E-state index contributed by atoms with van der Waals surface area (Å²) in [5.41, 5.74) is 2.18. The summed E-state index contributed by atoms with van der Waals surface area (Å²) >= 11 is 1.59. The first-order valence-corrected chi connectivity index (χ1v) is 9.92. The third-order valence-corrected chi connectivity index (χ3v) is 4.93. The van der Waals surface area contributed by atoms with Gasteiger partial charge in [-0.1, -0.05) is 0 Å². The average Bonchev–Trinajstić information content (AvgIpc) is 2.73. The van der Waals surface area contributed by atoms with Crippen molar-refractivity contribution >= 4 is 35.0 Å². The standard InChI is InChI=1S/C20H22N2O4S/c1-27-18-8-2-15(3-9-18)20(24)26-14-19(23)21-16-4-6-17(7-5-16)22-10-12-25-13-11-22/h2-9H,10-14H2,1H3,(H,21,23). The third-order valence-electron chi connectivity index (χ3n) is 4.19. The number of anilines is 2. The second-order valence-electron chi connectivity index (χ2n) is 6.00. The molecular weight excluding hydrogens is 364 g/mol. The molecule has 0 saturated carbocycles. The fourth-order valence-electron chi connectivity index (χ4n) is 2.72. The highest BCUT2D eigenvalue weighted by Gasteiger charge is 2.12. The first kappa shape index (κ1) is 19.3. The van der Waals surface area contributed by atoms with Gasteiger partial charge in [0.05, 0.1) is 18.8 Å². The van der Waals surface area contributed by atoms with Gasteiger partial charge in [0.1, 0.15) is 0 Å². The minimum absolute atomic E-state index is 0.325. The lowest BCUT2D eigenvalue weighted by atomic mass is 10.2. The Morgan fingerprint density at radius 1 is 1.07 bits per heavy atom. The van der Waals surface area contributed by atoms with Crippen LogP contribution in [0, 0.1) is 0 Å². The topological polar surface area (TPSA) is 67.9 Å². The van der Waals surface area contributed by atoms with Crippen molar-refractivity contribution in [1.82, 2.24) is 0 Å². The van der Waals surface area contributed by atoms with Crippen LogP contribution in [0.1, 0.15) is 10.4 Å². The van der Waals surface area contributed by atoms with E-state index in [0.29, 0.717) is 11.3 Å². The molecule has 1 aliphatic rings. The molecule has 2 aromatic rings. The minimum Gasteiger partial charge on any atom is -0.452 e. The summed E-state index contributed by atoms with van der Waals surface area (Å²) in [4.78, 5) is 27.3. The van der Waals surface area contributed by atoms with Gasteiger partial charge in [0, 0.05) is 29.4 Å². The molecule has 1 aliphatic heterocycles. The Bertz CT molecular complexity index is 772. The predicted molar refractivity (Wildman–Crippen MR) is 107 cm³/mol. The lowest BCUT2D eigenvalue weighted by Gasteiger charge is -2.28. The number of benzene rings is 2. The van der Waals surface area contributed by atoms with Crippen molar-refractivity contribution in [2.24, 2.45) is 0 Å². The first-order valence-electron chi connectivity index (χ1n) is 8.69. The molecule has 1 saturated heterocycles. The Kier molecular flexibility index (Phi) is 6.73. The minimum atomic E-state index is -0.513. The van der Waals surface area contributed by atoms with Crippen molar-refractivity contribution in [3.8, 4) is 0 Å². The van der Waals surface area contributed by atoms with E-state index in [0.717, 1.165) is 36.9 Å². The van der Waals surface area contributed by atoms with Crippen LogP contribution in [0.5, 0.6) is 0 Å². The monoisotopic (exact) mass is 386 g/mol. The van der Waals surface area contributed by atoms with E-state index in [1.807, 2.05) is 42.7 Å². The van der Waals surface area contributed by atoms with Crippen LogP contribution in [-0.2, 0) is 14.3 Å². The lowest BCUT2D eigenvalue weighted by molar-refractivity contribution is -0.119. The van der Waals surface area contributed by atoms with E-state index in [4.69, 9.17) is 9.47 Å². The molecule has 1 amide bonds. The molecular formula is C20H22N2O4S. The number of carbonyl (C=O) groups is 2. The van der Waals surface area contributed by atoms with E-state index in [2.05, 4.69) is 10.2 Å². The molecule has 0 atom stereocenters. The number of nitrogens with zero attached hydrogens (tertiary/aromatic N) is 1. The van der Waals surface area contributed by atoms with Crippen molar-refractivity contribution in [3.05, 3.63) is 54.1 Å². The summed E-state index contributed by atoms with van der Waals surface area (Å²) in [5.74, 6) is -0.885. The second-order valence-corrected chi connectivity index (χ2v) is 6.88. The van der Waals surface area contributed by atoms with Gasteiger partial charge >= 0.3 is 5.97 Å². The van der Waals surface area contributed by atoms with Gasteiger partial charge in [0.2, 0.25) is 0 Å². The maximum absolute atomic E-state index is 12.0. The van der Waals surface area contributed by atoms with Gasteiger partial charge in [0.15, 0.2) is 6.61 Å². The predicted octanol–water partition coefficient (Wildman–Crippen LogP) is 3.04. The highest BCUT2D eigenvalue weighted by molar-refractivity contribution is 7.98. The summed E-state index contributed by atoms with van der Waals surface area (Å²) in [6.07, 6.45) is 1.96. The zero-order valence-electron chi connectivity index (χ0n) is 15.1. The van der Waals surface area contributed by atoms with Crippen molar-refractivity contribution in [2.75, 3.05) is 49.4 Å². The highest BCUT2D eigenvalue weighted by Crippen LogP contribution is 2.19. The van der Waals surface area contributed by atoms with Gasteiger partial charge in [-0.3, -0.25) is 4.79 Å². The van der Waals surface area contributed by atoms with Crippen molar-refractivity contribution in [1.29, 1.82) is 0 Å². The fourth-order valence-corrected chi connectivity index (χ4v) is 3.12. The summed E-state index contributed by atoms with van der Waals surface area (Å²) in [6, 6.07) is 14.7. The molecule has 0 radical (unpaired) electrons. The summed E-state index contributed by atoms with van der Waals surface area (Å²) in [5, 5.41) is 2.73. The van der Waals surface area contributed by atoms with Gasteiger partial charge in [-0.15, -0.1) is 11.8 Å². The number of morpholine rings is 1. The van der Waals surface area contributed by atoms with Gasteiger partial charge in [-0.25, -0.2) is 4.79 Å². The van der Waals surface area contributed by atoms with Crippen LogP contribution in [0.4, 0.5) is 11.4 Å². The second kappa shape index (κ2) is 9.43. The number of rotatable bonds is 6. The van der Waals surface area contributed by atoms with Crippen LogP contribution in [0.3, 0.4) is 0 Å². The summed E-state index contributed by atoms with van der Waals surface area (Å²) in [6.45, 7) is 2.85. The molecule has 0 spiro atoms. The van der Waals surface area contributed by atoms with Gasteiger partial charge < -0.3 is 19.7 Å². The largest absolute Gasteiger partial charge is 0.452 e. The van der Waals surface area contributed by atoms with Crippen molar-refractivity contribution in [3.63, 3.8) is 0 Å². The van der Waals surface area contributed by atoms with E-state index in [9.17, 15) is 9.59 Å². The van der Waals surface area contributed by atoms with Crippen molar-refractivity contribution in [2.45, 2.75) is 4.90 Å². The van der Waals surface area contributed by atoms with E-state index >= 15 is 0 Å². The molecule has 1 N–H and O–H groups in total. The molecule has 1 fully saturated rings. The molecule has 1 heterocycles. The molecule has 0 unspecified atom stereocenters. The maximum atomic E-state index is 12.0. The van der Waals surface area contributed by atoms with Gasteiger partial charge in [-0.2, -0.15) is 0 Å². The first-order chi connectivity index (χ1) is 13.2. The molecule has 142 valence electrons. The number of amides is 1. The molecule has 7 heteroatoms. The molecule has 0 aromatic heterocycles. The average molecular weight is 386 g/mol. The molecule has 6 nitrogen and oxygen atoms in total. The lowest BCUT2D eigenvalue weighted by Crippen LogP contribution is -2.36. The number of ether oxygens (including phenoxy) is 2. The Morgan fingerprint density at radius 2 is 1.74 bits per heavy atom. The summed E-state index contributed by atoms with van der Waals surface area (Å²) < 4.78 is 10.4. The maximum Gasteiger partial charge on any atom is 0.338 e. The Labute approximate surface area is 162 Å². The van der Waals surface area contributed by atoms with Crippen LogP contribution in [0.2, 0.25) is 0 Å². The van der Waals surface area contributed by atoms with Crippen LogP contribution in [0.25, 0.3) is 0 Å². The Morgan fingerprint density at radius 3 is 2.37 bits per heavy atom. The number of thioether (sulfide) groups is 1. The SMILES string of the molecule is CSc1ccc(C(=O)OCC(=O)Nc2ccc(N3CCOCC3)cc2)cc1. The fraction of sp³-hybridized carbons (Fsp3) is 0.300. The zero-order valence-corrected chi connectivity index (χ0v) is 16.0. The highest BCUT2D eigenvalue weighted by atomic mass is 32.2. The van der Waals surface area contributed by atoms with Gasteiger partial charge in [0.25, 0.3) is 5.91 Å². The van der Waals surface area contributed by atoms with Crippen LogP contribution in [-0.4, -0.2) is 51.0 Å². The number of nitrogens with one attached hydrogen (secondary N) is 1.